The van der Waals surface area contributed by atoms with Gasteiger partial charge in [-0.05, 0) is 18.2 Å². The highest BCUT2D eigenvalue weighted by atomic mass is 19.2. The molecule has 0 aromatic carbocycles. The quantitative estimate of drug-likeness (QED) is 0.501. The molecule has 0 N–H and O–H groups in total. The minimum atomic E-state index is -1.53. The molecule has 2 heteroatoms. The highest BCUT2D eigenvalue weighted by Crippen LogP contribution is 2.08. The van der Waals surface area contributed by atoms with Gasteiger partial charge in [0.25, 0.3) is 0 Å². The van der Waals surface area contributed by atoms with Crippen molar-refractivity contribution in [1.29, 1.82) is 0 Å². The average Bonchev–Trinajstić information content (AvgIpc) is 2.53. The van der Waals surface area contributed by atoms with Crippen molar-refractivity contribution in [2.45, 2.75) is 53.9 Å². The third-order valence-electron chi connectivity index (χ3n) is 1.05. The van der Waals surface area contributed by atoms with Crippen molar-refractivity contribution in [2.75, 3.05) is 0 Å². The van der Waals surface area contributed by atoms with E-state index in [1.807, 2.05) is 41.5 Å². The molecule has 1 aliphatic carbocycles. The van der Waals surface area contributed by atoms with Crippen molar-refractivity contribution < 1.29 is 8.78 Å². The van der Waals surface area contributed by atoms with E-state index in [0.29, 0.717) is 0 Å². The van der Waals surface area contributed by atoms with Gasteiger partial charge in [0.1, 0.15) is 0 Å². The van der Waals surface area contributed by atoms with Crippen molar-refractivity contribution in [2.24, 2.45) is 0 Å². The number of hydrogen-bond donors (Lipinski definition) is 0. The van der Waals surface area contributed by atoms with E-state index in [2.05, 4.69) is 5.73 Å². The van der Waals surface area contributed by atoms with Crippen molar-refractivity contribution in [3.05, 3.63) is 30.0 Å². The summed E-state index contributed by atoms with van der Waals surface area (Å²) in [5.74, 6) is 0. The summed E-state index contributed by atoms with van der Waals surface area (Å²) in [5.41, 5.74) is 2.48. The number of rotatable bonds is 0. The zero-order valence-electron chi connectivity index (χ0n) is 10.7. The van der Waals surface area contributed by atoms with Crippen LogP contribution in [-0.2, 0) is 0 Å². The Morgan fingerprint density at radius 3 is 1.80 bits per heavy atom. The van der Waals surface area contributed by atoms with E-state index in [-0.39, 0.29) is 0 Å². The van der Waals surface area contributed by atoms with Gasteiger partial charge in [-0.15, -0.1) is 5.73 Å². The monoisotopic (exact) mass is 218 g/mol. The Balaban J connectivity index is -0.000000208. The van der Waals surface area contributed by atoms with Gasteiger partial charge in [0.05, 0.1) is 0 Å². The van der Waals surface area contributed by atoms with E-state index >= 15 is 0 Å². The number of allylic oxidation sites excluding steroid dienone is 3. The molecule has 15 heavy (non-hydrogen) atoms. The first-order valence-electron chi connectivity index (χ1n) is 5.68. The van der Waals surface area contributed by atoms with Gasteiger partial charge in [-0.25, -0.2) is 8.78 Å². The maximum atomic E-state index is 12.3. The van der Waals surface area contributed by atoms with Gasteiger partial charge in [-0.1, -0.05) is 47.6 Å². The summed E-state index contributed by atoms with van der Waals surface area (Å²) in [4.78, 5) is 0. The summed E-state index contributed by atoms with van der Waals surface area (Å²) in [5, 5.41) is 0. The summed E-state index contributed by atoms with van der Waals surface area (Å²) in [6.07, 6.45) is 2.13. The Morgan fingerprint density at radius 2 is 1.33 bits per heavy atom. The Bertz CT molecular complexity index is 177. The molecule has 0 spiro atoms. The lowest BCUT2D eigenvalue weighted by molar-refractivity contribution is 0.248. The summed E-state index contributed by atoms with van der Waals surface area (Å²) < 4.78 is 24.6. The first kappa shape index (κ1) is 19.7. The predicted octanol–water partition coefficient (Wildman–Crippen LogP) is 5.02. The van der Waals surface area contributed by atoms with Crippen LogP contribution >= 0.6 is 0 Å². The van der Waals surface area contributed by atoms with E-state index in [1.54, 1.807) is 0 Å². The maximum absolute atomic E-state index is 12.3. The lowest BCUT2D eigenvalue weighted by atomic mass is 10.2. The topological polar surface area (TPSA) is 0 Å². The van der Waals surface area contributed by atoms with E-state index < -0.39 is 12.3 Å². The molecule has 0 aliphatic heterocycles. The molecule has 0 bridgehead atoms. The number of hydrogen-bond acceptors (Lipinski definition) is 0. The molecule has 2 atom stereocenters. The van der Waals surface area contributed by atoms with Crippen molar-refractivity contribution in [1.82, 2.24) is 0 Å². The molecule has 0 amide bonds. The van der Waals surface area contributed by atoms with Crippen LogP contribution in [0.2, 0.25) is 0 Å². The second-order valence-electron chi connectivity index (χ2n) is 1.77. The lowest BCUT2D eigenvalue weighted by Crippen LogP contribution is -2.09. The minimum Gasteiger partial charge on any atom is -0.239 e. The van der Waals surface area contributed by atoms with Crippen LogP contribution in [0.5, 0.6) is 0 Å². The van der Waals surface area contributed by atoms with Gasteiger partial charge in [0.15, 0.2) is 12.3 Å². The van der Waals surface area contributed by atoms with Crippen molar-refractivity contribution in [3.63, 3.8) is 0 Å². The van der Waals surface area contributed by atoms with E-state index in [9.17, 15) is 8.78 Å². The van der Waals surface area contributed by atoms with Crippen LogP contribution < -0.4 is 0 Å². The summed E-state index contributed by atoms with van der Waals surface area (Å²) in [7, 11) is 0. The molecule has 1 rings (SSSR count). The third-order valence-corrected chi connectivity index (χ3v) is 1.05. The fourth-order valence-corrected chi connectivity index (χ4v) is 0.563. The highest BCUT2D eigenvalue weighted by Gasteiger charge is 2.13. The van der Waals surface area contributed by atoms with Crippen molar-refractivity contribution >= 4 is 0 Å². The SMILES string of the molecule is CC.CC.CC.FC1C=C=CC=CC1F. The average molecular weight is 218 g/mol. The Labute approximate surface area is 93.4 Å². The summed E-state index contributed by atoms with van der Waals surface area (Å²) >= 11 is 0. The molecule has 0 nitrogen and oxygen atoms in total. The lowest BCUT2D eigenvalue weighted by Gasteiger charge is -2.00. The largest absolute Gasteiger partial charge is 0.239 e. The Morgan fingerprint density at radius 1 is 0.867 bits per heavy atom. The van der Waals surface area contributed by atoms with Gasteiger partial charge < -0.3 is 0 Å². The molecule has 0 saturated carbocycles. The van der Waals surface area contributed by atoms with Crippen LogP contribution in [-0.4, -0.2) is 12.3 Å². The fourth-order valence-electron chi connectivity index (χ4n) is 0.563. The molecular formula is C13H24F2. The molecule has 2 unspecified atom stereocenters. The number of alkyl halides is 2. The Hall–Kier alpha value is -0.880. The molecule has 0 heterocycles. The molecule has 0 radical (unpaired) electrons. The van der Waals surface area contributed by atoms with E-state index in [1.165, 1.54) is 18.2 Å². The first-order valence-corrected chi connectivity index (χ1v) is 5.68. The van der Waals surface area contributed by atoms with Gasteiger partial charge in [0, 0.05) is 0 Å². The van der Waals surface area contributed by atoms with Gasteiger partial charge in [0.2, 0.25) is 0 Å². The van der Waals surface area contributed by atoms with Crippen LogP contribution in [0.15, 0.2) is 30.0 Å². The molecular weight excluding hydrogens is 194 g/mol. The second-order valence-corrected chi connectivity index (χ2v) is 1.77. The van der Waals surface area contributed by atoms with E-state index in [4.69, 9.17) is 0 Å². The molecule has 0 fully saturated rings. The van der Waals surface area contributed by atoms with Gasteiger partial charge in [-0.3, -0.25) is 0 Å². The number of halogens is 2. The van der Waals surface area contributed by atoms with Crippen LogP contribution in [0.1, 0.15) is 41.5 Å². The van der Waals surface area contributed by atoms with E-state index in [0.717, 1.165) is 6.08 Å². The van der Waals surface area contributed by atoms with Crippen LogP contribution in [0.3, 0.4) is 0 Å². The standard InChI is InChI=1S/C7H6F2.3C2H6/c8-6-4-2-1-3-5-7(6)9;3*1-2/h1-2,4-7H;3*1-2H3. The fraction of sp³-hybridized carbons (Fsp3) is 0.615. The zero-order chi connectivity index (χ0) is 12.7. The van der Waals surface area contributed by atoms with Crippen LogP contribution in [0.25, 0.3) is 0 Å². The first-order chi connectivity index (χ1) is 7.30. The molecule has 0 aromatic heterocycles. The molecule has 0 aromatic rings. The normalized spacial score (nSPS) is 20.8. The highest BCUT2D eigenvalue weighted by molar-refractivity contribution is 5.13. The second kappa shape index (κ2) is 18.8. The van der Waals surface area contributed by atoms with Gasteiger partial charge in [-0.2, -0.15) is 0 Å². The maximum Gasteiger partial charge on any atom is 0.160 e. The van der Waals surface area contributed by atoms with Crippen LogP contribution in [0.4, 0.5) is 8.78 Å². The smallest absolute Gasteiger partial charge is 0.160 e. The zero-order valence-corrected chi connectivity index (χ0v) is 10.7. The predicted molar refractivity (Wildman–Crippen MR) is 65.6 cm³/mol. The molecule has 90 valence electrons. The van der Waals surface area contributed by atoms with Crippen LogP contribution in [0, 0.1) is 0 Å². The summed E-state index contributed by atoms with van der Waals surface area (Å²) in [6, 6.07) is 0. The third kappa shape index (κ3) is 13.1. The summed E-state index contributed by atoms with van der Waals surface area (Å²) in [6.45, 7) is 12.0. The minimum absolute atomic E-state index is 1.07. The molecule has 1 aliphatic rings. The van der Waals surface area contributed by atoms with Crippen molar-refractivity contribution in [3.8, 4) is 0 Å². The van der Waals surface area contributed by atoms with Gasteiger partial charge >= 0.3 is 0 Å². The Kier molecular flexibility index (Phi) is 24.7. The molecule has 0 saturated heterocycles.